The number of benzene rings is 1. The lowest BCUT2D eigenvalue weighted by Gasteiger charge is -2.22. The van der Waals surface area contributed by atoms with Gasteiger partial charge in [0.2, 0.25) is 0 Å². The second kappa shape index (κ2) is 6.10. The average molecular weight is 269 g/mol. The fraction of sp³-hybridized carbons (Fsp3) is 0.500. The predicted octanol–water partition coefficient (Wildman–Crippen LogP) is 2.49. The Hall–Kier alpha value is -1.49. The van der Waals surface area contributed by atoms with Crippen LogP contribution in [0, 0.1) is 11.6 Å². The Bertz CT molecular complexity index is 465. The molecule has 5 heteroatoms. The number of esters is 1. The molecular weight excluding hydrogens is 252 g/mol. The Morgan fingerprint density at radius 2 is 2.21 bits per heavy atom. The molecule has 1 heterocycles. The first-order valence-electron chi connectivity index (χ1n) is 6.46. The van der Waals surface area contributed by atoms with E-state index >= 15 is 0 Å². The standard InChI is InChI=1S/C14H17F2NO2/c1-2-19-14(18)13-4-3-7-17(13)9-10-5-6-11(15)12(16)8-10/h5-6,8,13H,2-4,7,9H2,1H3. The van der Waals surface area contributed by atoms with Gasteiger partial charge in [0.05, 0.1) is 6.61 Å². The molecule has 1 fully saturated rings. The van der Waals surface area contributed by atoms with Crippen molar-refractivity contribution < 1.29 is 18.3 Å². The summed E-state index contributed by atoms with van der Waals surface area (Å²) in [5.41, 5.74) is 0.662. The average Bonchev–Trinajstić information content (AvgIpc) is 2.82. The van der Waals surface area contributed by atoms with Crippen LogP contribution in [0.1, 0.15) is 25.3 Å². The lowest BCUT2D eigenvalue weighted by Crippen LogP contribution is -2.36. The Morgan fingerprint density at radius 1 is 1.42 bits per heavy atom. The maximum atomic E-state index is 13.1. The molecule has 104 valence electrons. The zero-order valence-electron chi connectivity index (χ0n) is 10.9. The summed E-state index contributed by atoms with van der Waals surface area (Å²) in [7, 11) is 0. The number of hydrogen-bond acceptors (Lipinski definition) is 3. The van der Waals surface area contributed by atoms with Gasteiger partial charge >= 0.3 is 5.97 Å². The van der Waals surface area contributed by atoms with Crippen LogP contribution in [0.2, 0.25) is 0 Å². The molecule has 1 saturated heterocycles. The molecule has 0 spiro atoms. The first-order chi connectivity index (χ1) is 9.11. The molecule has 1 atom stereocenters. The molecule has 1 aromatic rings. The van der Waals surface area contributed by atoms with E-state index in [1.54, 1.807) is 13.0 Å². The summed E-state index contributed by atoms with van der Waals surface area (Å²) >= 11 is 0. The second-order valence-corrected chi connectivity index (χ2v) is 4.63. The van der Waals surface area contributed by atoms with E-state index in [1.807, 2.05) is 4.90 Å². The fourth-order valence-corrected chi connectivity index (χ4v) is 2.39. The van der Waals surface area contributed by atoms with E-state index in [0.717, 1.165) is 25.5 Å². The van der Waals surface area contributed by atoms with E-state index in [-0.39, 0.29) is 12.0 Å². The van der Waals surface area contributed by atoms with Crippen LogP contribution in [0.15, 0.2) is 18.2 Å². The molecule has 1 unspecified atom stereocenters. The molecule has 0 aromatic heterocycles. The number of nitrogens with zero attached hydrogens (tertiary/aromatic N) is 1. The first-order valence-corrected chi connectivity index (χ1v) is 6.46. The first kappa shape index (κ1) is 13.9. The highest BCUT2D eigenvalue weighted by Crippen LogP contribution is 2.21. The summed E-state index contributed by atoms with van der Waals surface area (Å²) in [6.45, 7) is 3.32. The highest BCUT2D eigenvalue weighted by molar-refractivity contribution is 5.76. The van der Waals surface area contributed by atoms with E-state index < -0.39 is 11.6 Å². The Labute approximate surface area is 111 Å². The third-order valence-electron chi connectivity index (χ3n) is 3.29. The Balaban J connectivity index is 2.04. The number of likely N-dealkylation sites (tertiary alicyclic amines) is 1. The van der Waals surface area contributed by atoms with Crippen LogP contribution in [0.4, 0.5) is 8.78 Å². The smallest absolute Gasteiger partial charge is 0.323 e. The van der Waals surface area contributed by atoms with Gasteiger partial charge in [0.25, 0.3) is 0 Å². The number of hydrogen-bond donors (Lipinski definition) is 0. The third-order valence-corrected chi connectivity index (χ3v) is 3.29. The topological polar surface area (TPSA) is 29.5 Å². The van der Waals surface area contributed by atoms with Gasteiger partial charge in [-0.3, -0.25) is 9.69 Å². The number of halogens is 2. The maximum Gasteiger partial charge on any atom is 0.323 e. The van der Waals surface area contributed by atoms with Gasteiger partial charge in [0.15, 0.2) is 11.6 Å². The number of carbonyl (C=O) groups excluding carboxylic acids is 1. The highest BCUT2D eigenvalue weighted by Gasteiger charge is 2.31. The van der Waals surface area contributed by atoms with Crippen LogP contribution in [-0.2, 0) is 16.1 Å². The highest BCUT2D eigenvalue weighted by atomic mass is 19.2. The van der Waals surface area contributed by atoms with Crippen LogP contribution in [0.25, 0.3) is 0 Å². The molecule has 0 amide bonds. The van der Waals surface area contributed by atoms with E-state index in [9.17, 15) is 13.6 Å². The second-order valence-electron chi connectivity index (χ2n) is 4.63. The quantitative estimate of drug-likeness (QED) is 0.786. The van der Waals surface area contributed by atoms with Gasteiger partial charge < -0.3 is 4.74 Å². The van der Waals surface area contributed by atoms with Gasteiger partial charge in [-0.25, -0.2) is 8.78 Å². The molecule has 0 saturated carbocycles. The molecule has 1 aliphatic heterocycles. The minimum Gasteiger partial charge on any atom is -0.465 e. The Kier molecular flexibility index (Phi) is 4.47. The van der Waals surface area contributed by atoms with Crippen LogP contribution in [0.5, 0.6) is 0 Å². The van der Waals surface area contributed by atoms with Gasteiger partial charge in [-0.15, -0.1) is 0 Å². The predicted molar refractivity (Wildman–Crippen MR) is 66.4 cm³/mol. The molecule has 3 nitrogen and oxygen atoms in total. The fourth-order valence-electron chi connectivity index (χ4n) is 2.39. The van der Waals surface area contributed by atoms with E-state index in [4.69, 9.17) is 4.74 Å². The monoisotopic (exact) mass is 269 g/mol. The third kappa shape index (κ3) is 3.29. The lowest BCUT2D eigenvalue weighted by molar-refractivity contribution is -0.148. The number of rotatable bonds is 4. The zero-order valence-corrected chi connectivity index (χ0v) is 10.9. The van der Waals surface area contributed by atoms with Crippen LogP contribution >= 0.6 is 0 Å². The summed E-state index contributed by atoms with van der Waals surface area (Å²) < 4.78 is 31.0. The van der Waals surface area contributed by atoms with Gasteiger partial charge in [0.1, 0.15) is 6.04 Å². The molecule has 2 rings (SSSR count). The van der Waals surface area contributed by atoms with Crippen molar-refractivity contribution in [2.75, 3.05) is 13.2 Å². The minimum absolute atomic E-state index is 0.234. The van der Waals surface area contributed by atoms with Crippen molar-refractivity contribution in [3.63, 3.8) is 0 Å². The van der Waals surface area contributed by atoms with Crippen molar-refractivity contribution in [2.24, 2.45) is 0 Å². The van der Waals surface area contributed by atoms with Crippen molar-refractivity contribution in [2.45, 2.75) is 32.4 Å². The van der Waals surface area contributed by atoms with Gasteiger partial charge in [-0.1, -0.05) is 6.07 Å². The van der Waals surface area contributed by atoms with Gasteiger partial charge in [0, 0.05) is 6.54 Å². The van der Waals surface area contributed by atoms with Gasteiger partial charge in [-0.2, -0.15) is 0 Å². The zero-order chi connectivity index (χ0) is 13.8. The van der Waals surface area contributed by atoms with E-state index in [0.29, 0.717) is 18.7 Å². The molecule has 19 heavy (non-hydrogen) atoms. The maximum absolute atomic E-state index is 13.1. The van der Waals surface area contributed by atoms with E-state index in [1.165, 1.54) is 6.07 Å². The summed E-state index contributed by atoms with van der Waals surface area (Å²) in [6.07, 6.45) is 1.66. The van der Waals surface area contributed by atoms with Crippen LogP contribution in [-0.4, -0.2) is 30.1 Å². The van der Waals surface area contributed by atoms with Crippen molar-refractivity contribution >= 4 is 5.97 Å². The molecule has 0 bridgehead atoms. The SMILES string of the molecule is CCOC(=O)C1CCCN1Cc1ccc(F)c(F)c1. The largest absolute Gasteiger partial charge is 0.465 e. The summed E-state index contributed by atoms with van der Waals surface area (Å²) in [5.74, 6) is -1.95. The summed E-state index contributed by atoms with van der Waals surface area (Å²) in [4.78, 5) is 13.7. The van der Waals surface area contributed by atoms with E-state index in [2.05, 4.69) is 0 Å². The molecule has 0 N–H and O–H groups in total. The van der Waals surface area contributed by atoms with Gasteiger partial charge in [-0.05, 0) is 44.0 Å². The molecule has 1 aromatic carbocycles. The summed E-state index contributed by atoms with van der Waals surface area (Å²) in [5, 5.41) is 0. The normalized spacial score (nSPS) is 19.6. The molecule has 1 aliphatic rings. The van der Waals surface area contributed by atoms with Crippen molar-refractivity contribution in [1.29, 1.82) is 0 Å². The minimum atomic E-state index is -0.857. The van der Waals surface area contributed by atoms with Crippen molar-refractivity contribution in [1.82, 2.24) is 4.90 Å². The van der Waals surface area contributed by atoms with Crippen LogP contribution in [0.3, 0.4) is 0 Å². The number of carbonyl (C=O) groups is 1. The molecule has 0 aliphatic carbocycles. The lowest BCUT2D eigenvalue weighted by atomic mass is 10.1. The number of ether oxygens (including phenoxy) is 1. The van der Waals surface area contributed by atoms with Crippen molar-refractivity contribution in [3.8, 4) is 0 Å². The molecular formula is C14H17F2NO2. The van der Waals surface area contributed by atoms with Crippen LogP contribution < -0.4 is 0 Å². The summed E-state index contributed by atoms with van der Waals surface area (Å²) in [6, 6.07) is 3.56. The molecule has 0 radical (unpaired) electrons. The Morgan fingerprint density at radius 3 is 2.89 bits per heavy atom. The van der Waals surface area contributed by atoms with Crippen molar-refractivity contribution in [3.05, 3.63) is 35.4 Å².